The molecule has 0 saturated heterocycles. The first-order valence-corrected chi connectivity index (χ1v) is 10.7. The predicted molar refractivity (Wildman–Crippen MR) is 121 cm³/mol. The van der Waals surface area contributed by atoms with E-state index in [1.807, 2.05) is 34.9 Å². The van der Waals surface area contributed by atoms with Gasteiger partial charge in [0.15, 0.2) is 22.5 Å². The van der Waals surface area contributed by atoms with E-state index in [2.05, 4.69) is 16.8 Å². The third-order valence-electron chi connectivity index (χ3n) is 4.36. The fourth-order valence-electron chi connectivity index (χ4n) is 2.92. The van der Waals surface area contributed by atoms with E-state index < -0.39 is 0 Å². The average Bonchev–Trinajstić information content (AvgIpc) is 3.15. The molecule has 0 aliphatic carbocycles. The van der Waals surface area contributed by atoms with Crippen LogP contribution < -0.4 is 14.2 Å². The van der Waals surface area contributed by atoms with Gasteiger partial charge in [0.25, 0.3) is 0 Å². The van der Waals surface area contributed by atoms with Gasteiger partial charge in [-0.3, -0.25) is 4.57 Å². The van der Waals surface area contributed by atoms with Gasteiger partial charge in [0.1, 0.15) is 0 Å². The van der Waals surface area contributed by atoms with Gasteiger partial charge < -0.3 is 14.2 Å². The molecule has 0 amide bonds. The molecule has 0 spiro atoms. The Kier molecular flexibility index (Phi) is 7.53. The first kappa shape index (κ1) is 22.3. The van der Waals surface area contributed by atoms with Crippen molar-refractivity contribution in [1.29, 1.82) is 0 Å². The van der Waals surface area contributed by atoms with Crippen LogP contribution >= 0.6 is 35.0 Å². The number of aromatic nitrogens is 3. The second-order valence-corrected chi connectivity index (χ2v) is 7.87. The second kappa shape index (κ2) is 10.1. The number of ether oxygens (including phenoxy) is 3. The molecular formula is C21H21Cl2N3O3S. The zero-order valence-electron chi connectivity index (χ0n) is 16.8. The molecule has 3 aromatic rings. The van der Waals surface area contributed by atoms with Crippen LogP contribution in [-0.4, -0.2) is 36.1 Å². The van der Waals surface area contributed by atoms with E-state index in [1.165, 1.54) is 11.8 Å². The SMILES string of the molecule is C=CCn1c(SCc2c(Cl)cccc2Cl)nnc1-c1cc(OC)c(OC)c(OC)c1. The number of rotatable bonds is 9. The third-order valence-corrected chi connectivity index (χ3v) is 6.06. The van der Waals surface area contributed by atoms with Crippen molar-refractivity contribution in [3.63, 3.8) is 0 Å². The number of thioether (sulfide) groups is 1. The normalized spacial score (nSPS) is 10.7. The highest BCUT2D eigenvalue weighted by molar-refractivity contribution is 7.98. The maximum absolute atomic E-state index is 6.30. The summed E-state index contributed by atoms with van der Waals surface area (Å²) in [6, 6.07) is 9.13. The van der Waals surface area contributed by atoms with Crippen LogP contribution in [0.1, 0.15) is 5.56 Å². The zero-order chi connectivity index (χ0) is 21.7. The topological polar surface area (TPSA) is 58.4 Å². The number of methoxy groups -OCH3 is 3. The highest BCUT2D eigenvalue weighted by Crippen LogP contribution is 2.41. The van der Waals surface area contributed by atoms with Gasteiger partial charge in [-0.1, -0.05) is 47.1 Å². The van der Waals surface area contributed by atoms with Crippen LogP contribution in [0.4, 0.5) is 0 Å². The lowest BCUT2D eigenvalue weighted by molar-refractivity contribution is 0.324. The number of hydrogen-bond acceptors (Lipinski definition) is 6. The molecule has 0 radical (unpaired) electrons. The van der Waals surface area contributed by atoms with Crippen LogP contribution in [0.2, 0.25) is 10.0 Å². The summed E-state index contributed by atoms with van der Waals surface area (Å²) in [6.45, 7) is 4.38. The fourth-order valence-corrected chi connectivity index (χ4v) is 4.61. The van der Waals surface area contributed by atoms with E-state index in [1.54, 1.807) is 27.4 Å². The molecule has 0 unspecified atom stereocenters. The number of nitrogens with zero attached hydrogens (tertiary/aromatic N) is 3. The maximum Gasteiger partial charge on any atom is 0.203 e. The van der Waals surface area contributed by atoms with Gasteiger partial charge in [0.05, 0.1) is 21.3 Å². The van der Waals surface area contributed by atoms with E-state index in [0.717, 1.165) is 16.3 Å². The summed E-state index contributed by atoms with van der Waals surface area (Å²) in [5.74, 6) is 2.81. The molecule has 2 aromatic carbocycles. The van der Waals surface area contributed by atoms with Crippen LogP contribution in [0.25, 0.3) is 11.4 Å². The van der Waals surface area contributed by atoms with Gasteiger partial charge in [-0.25, -0.2) is 0 Å². The number of hydrogen-bond donors (Lipinski definition) is 0. The Morgan fingerprint density at radius 1 is 1.03 bits per heavy atom. The lowest BCUT2D eigenvalue weighted by Gasteiger charge is -2.14. The van der Waals surface area contributed by atoms with E-state index in [-0.39, 0.29) is 0 Å². The first-order valence-electron chi connectivity index (χ1n) is 8.94. The van der Waals surface area contributed by atoms with Gasteiger partial charge in [-0.15, -0.1) is 16.8 Å². The van der Waals surface area contributed by atoms with Gasteiger partial charge in [0.2, 0.25) is 5.75 Å². The molecular weight excluding hydrogens is 445 g/mol. The fraction of sp³-hybridized carbons (Fsp3) is 0.238. The van der Waals surface area contributed by atoms with Gasteiger partial charge >= 0.3 is 0 Å². The van der Waals surface area contributed by atoms with E-state index >= 15 is 0 Å². The minimum atomic E-state index is 0.515. The lowest BCUT2D eigenvalue weighted by atomic mass is 10.1. The molecule has 30 heavy (non-hydrogen) atoms. The van der Waals surface area contributed by atoms with Gasteiger partial charge in [-0.2, -0.15) is 0 Å². The summed E-state index contributed by atoms with van der Waals surface area (Å²) in [5.41, 5.74) is 1.63. The molecule has 3 rings (SSSR count). The van der Waals surface area contributed by atoms with Crippen molar-refractivity contribution in [2.24, 2.45) is 0 Å². The highest BCUT2D eigenvalue weighted by Gasteiger charge is 2.20. The van der Waals surface area contributed by atoms with Crippen molar-refractivity contribution in [3.8, 4) is 28.6 Å². The zero-order valence-corrected chi connectivity index (χ0v) is 19.1. The molecule has 0 bridgehead atoms. The maximum atomic E-state index is 6.30. The largest absolute Gasteiger partial charge is 0.493 e. The van der Waals surface area contributed by atoms with Crippen LogP contribution in [0, 0.1) is 0 Å². The summed E-state index contributed by atoms with van der Waals surface area (Å²) in [7, 11) is 4.71. The molecule has 1 aromatic heterocycles. The minimum Gasteiger partial charge on any atom is -0.493 e. The predicted octanol–water partition coefficient (Wildman–Crippen LogP) is 5.76. The summed E-state index contributed by atoms with van der Waals surface area (Å²) in [5, 5.41) is 10.7. The third kappa shape index (κ3) is 4.53. The van der Waals surface area contributed by atoms with Gasteiger partial charge in [0, 0.05) is 27.9 Å². The monoisotopic (exact) mass is 465 g/mol. The molecule has 158 valence electrons. The van der Waals surface area contributed by atoms with E-state index in [0.29, 0.717) is 45.4 Å². The Bertz CT molecular complexity index is 1010. The Balaban J connectivity index is 1.99. The minimum absolute atomic E-state index is 0.515. The second-order valence-electron chi connectivity index (χ2n) is 6.11. The summed E-state index contributed by atoms with van der Waals surface area (Å²) >= 11 is 14.1. The first-order chi connectivity index (χ1) is 14.5. The van der Waals surface area contributed by atoms with Crippen molar-refractivity contribution >= 4 is 35.0 Å². The Labute approximate surface area is 189 Å². The van der Waals surface area contributed by atoms with Crippen LogP contribution in [-0.2, 0) is 12.3 Å². The number of halogens is 2. The van der Waals surface area contributed by atoms with Crippen molar-refractivity contribution in [3.05, 3.63) is 58.6 Å². The quantitative estimate of drug-likeness (QED) is 0.295. The van der Waals surface area contributed by atoms with Crippen LogP contribution in [0.5, 0.6) is 17.2 Å². The number of allylic oxidation sites excluding steroid dienone is 1. The standard InChI is InChI=1S/C21H21Cl2N3O3S/c1-5-9-26-20(13-10-17(27-2)19(29-4)18(11-13)28-3)24-25-21(26)30-12-14-15(22)7-6-8-16(14)23/h5-8,10-11H,1,9,12H2,2-4H3. The van der Waals surface area contributed by atoms with Crippen LogP contribution in [0.3, 0.4) is 0 Å². The molecule has 0 saturated carbocycles. The number of benzene rings is 2. The Morgan fingerprint density at radius 3 is 2.20 bits per heavy atom. The van der Waals surface area contributed by atoms with Crippen molar-refractivity contribution < 1.29 is 14.2 Å². The summed E-state index contributed by atoms with van der Waals surface area (Å²) in [6.07, 6.45) is 1.79. The molecule has 0 N–H and O–H groups in total. The van der Waals surface area contributed by atoms with Gasteiger partial charge in [-0.05, 0) is 29.8 Å². The highest BCUT2D eigenvalue weighted by atomic mass is 35.5. The van der Waals surface area contributed by atoms with Crippen LogP contribution in [0.15, 0.2) is 48.1 Å². The molecule has 0 fully saturated rings. The molecule has 1 heterocycles. The Hall–Kier alpha value is -2.35. The lowest BCUT2D eigenvalue weighted by Crippen LogP contribution is -2.02. The molecule has 0 aliphatic heterocycles. The van der Waals surface area contributed by atoms with Crippen molar-refractivity contribution in [1.82, 2.24) is 14.8 Å². The van der Waals surface area contributed by atoms with Crippen molar-refractivity contribution in [2.75, 3.05) is 21.3 Å². The Morgan fingerprint density at radius 2 is 1.67 bits per heavy atom. The molecule has 0 atom stereocenters. The summed E-state index contributed by atoms with van der Waals surface area (Å²) < 4.78 is 18.3. The molecule has 6 nitrogen and oxygen atoms in total. The van der Waals surface area contributed by atoms with E-state index in [9.17, 15) is 0 Å². The smallest absolute Gasteiger partial charge is 0.203 e. The van der Waals surface area contributed by atoms with E-state index in [4.69, 9.17) is 37.4 Å². The molecule has 9 heteroatoms. The molecule has 0 aliphatic rings. The van der Waals surface area contributed by atoms with Crippen molar-refractivity contribution in [2.45, 2.75) is 17.5 Å². The summed E-state index contributed by atoms with van der Waals surface area (Å²) in [4.78, 5) is 0. The average molecular weight is 466 g/mol.